The summed E-state index contributed by atoms with van der Waals surface area (Å²) in [6.07, 6.45) is 3.18. The molecule has 0 atom stereocenters. The van der Waals surface area contributed by atoms with Crippen molar-refractivity contribution in [3.8, 4) is 0 Å². The molecule has 2 aromatic rings. The van der Waals surface area contributed by atoms with Crippen LogP contribution in [0.3, 0.4) is 0 Å². The second-order valence-corrected chi connectivity index (χ2v) is 6.98. The molecule has 1 amide bonds. The number of nitrogens with one attached hydrogen (secondary N) is 1. The monoisotopic (exact) mass is 355 g/mol. The Morgan fingerprint density at radius 2 is 2.32 bits per heavy atom. The number of anilines is 1. The molecule has 1 N–H and O–H groups in total. The SMILES string of the molecule is CCOC(=O)CSc1nnc(NC(=O)C=Cc2cccs2)s1. The van der Waals surface area contributed by atoms with Crippen LogP contribution in [-0.2, 0) is 14.3 Å². The Bertz CT molecular complexity index is 653. The molecule has 0 aliphatic rings. The minimum atomic E-state index is -0.299. The van der Waals surface area contributed by atoms with E-state index in [2.05, 4.69) is 15.5 Å². The quantitative estimate of drug-likeness (QED) is 0.356. The fourth-order valence-electron chi connectivity index (χ4n) is 1.33. The van der Waals surface area contributed by atoms with Crippen LogP contribution in [0.15, 0.2) is 27.9 Å². The van der Waals surface area contributed by atoms with E-state index in [1.165, 1.54) is 29.2 Å². The number of carbonyl (C=O) groups excluding carboxylic acids is 2. The lowest BCUT2D eigenvalue weighted by Gasteiger charge is -1.98. The van der Waals surface area contributed by atoms with Crippen LogP contribution in [0.1, 0.15) is 11.8 Å². The highest BCUT2D eigenvalue weighted by molar-refractivity contribution is 8.01. The van der Waals surface area contributed by atoms with Crippen LogP contribution < -0.4 is 5.32 Å². The van der Waals surface area contributed by atoms with Gasteiger partial charge in [0.15, 0.2) is 4.34 Å². The zero-order valence-corrected chi connectivity index (χ0v) is 14.1. The molecule has 9 heteroatoms. The highest BCUT2D eigenvalue weighted by atomic mass is 32.2. The van der Waals surface area contributed by atoms with Crippen molar-refractivity contribution in [2.24, 2.45) is 0 Å². The van der Waals surface area contributed by atoms with Gasteiger partial charge in [-0.25, -0.2) is 0 Å². The summed E-state index contributed by atoms with van der Waals surface area (Å²) in [4.78, 5) is 24.0. The van der Waals surface area contributed by atoms with Crippen LogP contribution >= 0.6 is 34.4 Å². The summed E-state index contributed by atoms with van der Waals surface area (Å²) in [6, 6.07) is 3.84. The first-order chi connectivity index (χ1) is 10.7. The number of carbonyl (C=O) groups is 2. The summed E-state index contributed by atoms with van der Waals surface area (Å²) in [6.45, 7) is 2.11. The van der Waals surface area contributed by atoms with Gasteiger partial charge in [-0.1, -0.05) is 29.2 Å². The first kappa shape index (κ1) is 16.7. The molecule has 22 heavy (non-hydrogen) atoms. The molecule has 0 aliphatic carbocycles. The van der Waals surface area contributed by atoms with E-state index in [9.17, 15) is 9.59 Å². The number of thioether (sulfide) groups is 1. The van der Waals surface area contributed by atoms with Gasteiger partial charge in [0.2, 0.25) is 11.0 Å². The van der Waals surface area contributed by atoms with Crippen molar-refractivity contribution in [1.29, 1.82) is 0 Å². The number of thiophene rings is 1. The van der Waals surface area contributed by atoms with E-state index in [0.29, 0.717) is 16.1 Å². The Morgan fingerprint density at radius 3 is 3.05 bits per heavy atom. The Labute approximate surface area is 139 Å². The Kier molecular flexibility index (Phi) is 6.56. The average molecular weight is 355 g/mol. The summed E-state index contributed by atoms with van der Waals surface area (Å²) in [5.74, 6) is -0.395. The van der Waals surface area contributed by atoms with E-state index in [0.717, 1.165) is 4.88 Å². The van der Waals surface area contributed by atoms with Crippen LogP contribution in [0.4, 0.5) is 5.13 Å². The fourth-order valence-corrected chi connectivity index (χ4v) is 3.50. The highest BCUT2D eigenvalue weighted by Crippen LogP contribution is 2.25. The zero-order valence-electron chi connectivity index (χ0n) is 11.6. The molecule has 0 saturated heterocycles. The van der Waals surface area contributed by atoms with Crippen molar-refractivity contribution in [3.05, 3.63) is 28.5 Å². The second-order valence-electron chi connectivity index (χ2n) is 3.80. The van der Waals surface area contributed by atoms with E-state index in [-0.39, 0.29) is 17.6 Å². The second kappa shape index (κ2) is 8.66. The summed E-state index contributed by atoms with van der Waals surface area (Å²) < 4.78 is 5.42. The molecule has 0 saturated carbocycles. The van der Waals surface area contributed by atoms with Gasteiger partial charge in [0.1, 0.15) is 0 Å². The number of aromatic nitrogens is 2. The lowest BCUT2D eigenvalue weighted by molar-refractivity contribution is -0.139. The summed E-state index contributed by atoms with van der Waals surface area (Å²) in [7, 11) is 0. The first-order valence-corrected chi connectivity index (χ1v) is 9.00. The van der Waals surface area contributed by atoms with Gasteiger partial charge in [-0.05, 0) is 24.4 Å². The minimum Gasteiger partial charge on any atom is -0.465 e. The molecule has 0 bridgehead atoms. The number of hydrogen-bond donors (Lipinski definition) is 1. The van der Waals surface area contributed by atoms with Gasteiger partial charge in [-0.15, -0.1) is 21.5 Å². The topological polar surface area (TPSA) is 81.2 Å². The number of rotatable bonds is 7. The van der Waals surface area contributed by atoms with Gasteiger partial charge < -0.3 is 4.74 Å². The molecule has 0 aromatic carbocycles. The van der Waals surface area contributed by atoms with Crippen molar-refractivity contribution >= 4 is 57.5 Å². The first-order valence-electron chi connectivity index (χ1n) is 6.32. The molecule has 0 fully saturated rings. The number of esters is 1. The maximum atomic E-state index is 11.7. The minimum absolute atomic E-state index is 0.175. The molecule has 0 radical (unpaired) electrons. The predicted molar refractivity (Wildman–Crippen MR) is 89.2 cm³/mol. The molecule has 6 nitrogen and oxygen atoms in total. The fraction of sp³-hybridized carbons (Fsp3) is 0.231. The standard InChI is InChI=1S/C13H13N3O3S3/c1-2-19-11(18)8-21-13-16-15-12(22-13)14-10(17)6-5-9-4-3-7-20-9/h3-7H,2,8H2,1H3,(H,14,15,17). The molecule has 0 spiro atoms. The Morgan fingerprint density at radius 1 is 1.45 bits per heavy atom. The number of ether oxygens (including phenoxy) is 1. The van der Waals surface area contributed by atoms with Crippen molar-refractivity contribution in [1.82, 2.24) is 10.2 Å². The van der Waals surface area contributed by atoms with E-state index in [4.69, 9.17) is 4.74 Å². The van der Waals surface area contributed by atoms with Gasteiger partial charge in [0.05, 0.1) is 12.4 Å². The number of nitrogens with zero attached hydrogens (tertiary/aromatic N) is 2. The maximum absolute atomic E-state index is 11.7. The van der Waals surface area contributed by atoms with E-state index < -0.39 is 0 Å². The van der Waals surface area contributed by atoms with Crippen molar-refractivity contribution < 1.29 is 14.3 Å². The third-order valence-corrected chi connectivity index (χ3v) is 4.98. The average Bonchev–Trinajstić information content (AvgIpc) is 3.15. The molecule has 2 rings (SSSR count). The van der Waals surface area contributed by atoms with Gasteiger partial charge >= 0.3 is 5.97 Å². The molecule has 2 heterocycles. The van der Waals surface area contributed by atoms with Gasteiger partial charge in [0, 0.05) is 11.0 Å². The van der Waals surface area contributed by atoms with E-state index in [1.807, 2.05) is 17.5 Å². The van der Waals surface area contributed by atoms with Crippen LogP contribution in [-0.4, -0.2) is 34.4 Å². The van der Waals surface area contributed by atoms with Crippen molar-refractivity contribution in [2.75, 3.05) is 17.7 Å². The van der Waals surface area contributed by atoms with Crippen molar-refractivity contribution in [3.63, 3.8) is 0 Å². The van der Waals surface area contributed by atoms with E-state index >= 15 is 0 Å². The Hall–Kier alpha value is -1.71. The summed E-state index contributed by atoms with van der Waals surface area (Å²) >= 11 is 3.99. The molecular weight excluding hydrogens is 342 g/mol. The molecule has 116 valence electrons. The van der Waals surface area contributed by atoms with Gasteiger partial charge in [-0.2, -0.15) is 0 Å². The third-order valence-electron chi connectivity index (χ3n) is 2.20. The number of amides is 1. The largest absolute Gasteiger partial charge is 0.465 e. The van der Waals surface area contributed by atoms with E-state index in [1.54, 1.807) is 24.3 Å². The van der Waals surface area contributed by atoms with Gasteiger partial charge in [-0.3, -0.25) is 14.9 Å². The van der Waals surface area contributed by atoms with Crippen LogP contribution in [0.2, 0.25) is 0 Å². The Balaban J connectivity index is 1.81. The lowest BCUT2D eigenvalue weighted by atomic mass is 10.4. The normalized spacial score (nSPS) is 10.8. The van der Waals surface area contributed by atoms with Gasteiger partial charge in [0.25, 0.3) is 0 Å². The maximum Gasteiger partial charge on any atom is 0.316 e. The van der Waals surface area contributed by atoms with Crippen LogP contribution in [0, 0.1) is 0 Å². The van der Waals surface area contributed by atoms with Crippen molar-refractivity contribution in [2.45, 2.75) is 11.3 Å². The molecule has 0 unspecified atom stereocenters. The molecule has 2 aromatic heterocycles. The highest BCUT2D eigenvalue weighted by Gasteiger charge is 2.09. The summed E-state index contributed by atoms with van der Waals surface area (Å²) in [5, 5.41) is 12.7. The van der Waals surface area contributed by atoms with Crippen LogP contribution in [0.5, 0.6) is 0 Å². The molecule has 0 aliphatic heterocycles. The third kappa shape index (κ3) is 5.58. The van der Waals surface area contributed by atoms with Crippen LogP contribution in [0.25, 0.3) is 6.08 Å². The number of hydrogen-bond acceptors (Lipinski definition) is 8. The predicted octanol–water partition coefficient (Wildman–Crippen LogP) is 2.91. The molecular formula is C13H13N3O3S3. The lowest BCUT2D eigenvalue weighted by Crippen LogP contribution is -2.07. The summed E-state index contributed by atoms with van der Waals surface area (Å²) in [5.41, 5.74) is 0. The zero-order chi connectivity index (χ0) is 15.8. The smallest absolute Gasteiger partial charge is 0.316 e.